The molecule has 0 aromatic heterocycles. The van der Waals surface area contributed by atoms with Crippen LogP contribution in [-0.4, -0.2) is 48.4 Å². The summed E-state index contributed by atoms with van der Waals surface area (Å²) in [5, 5.41) is 4.10. The van der Waals surface area contributed by atoms with Crippen LogP contribution in [0, 0.1) is 6.92 Å². The highest BCUT2D eigenvalue weighted by Crippen LogP contribution is 2.61. The van der Waals surface area contributed by atoms with Gasteiger partial charge in [-0.25, -0.2) is 0 Å². The maximum atomic E-state index is 14.8. The second-order valence-electron chi connectivity index (χ2n) is 9.89. The van der Waals surface area contributed by atoms with Gasteiger partial charge in [0.1, 0.15) is 30.2 Å². The van der Waals surface area contributed by atoms with Gasteiger partial charge in [0.2, 0.25) is 0 Å². The van der Waals surface area contributed by atoms with Crippen LogP contribution in [-0.2, 0) is 28.0 Å². The molecule has 0 aliphatic carbocycles. The Morgan fingerprint density at radius 3 is 2.15 bits per heavy atom. The van der Waals surface area contributed by atoms with Gasteiger partial charge in [-0.05, 0) is 58.9 Å². The fourth-order valence-corrected chi connectivity index (χ4v) is 7.53. The molecule has 6 atom stereocenters. The standard InChI is InChI=1S/C25H32NO6P/c1-16-11-13-17(14-12-16)26-23-22-21(30-25(4,5)31-22)20(19-15-28-24(2,3)29-19)32-33(23,27)18-9-7-6-8-10-18/h6-14,19-23,26H,15H2,1-5H3/t19-,20-,21+,22+,23?,33?/m1/s1. The predicted octanol–water partition coefficient (Wildman–Crippen LogP) is 4.41. The number of aryl methyl sites for hydroxylation is 1. The van der Waals surface area contributed by atoms with Gasteiger partial charge in [-0.3, -0.25) is 4.57 Å². The van der Waals surface area contributed by atoms with Gasteiger partial charge >= 0.3 is 0 Å². The van der Waals surface area contributed by atoms with E-state index in [4.69, 9.17) is 23.5 Å². The average molecular weight is 474 g/mol. The van der Waals surface area contributed by atoms with Crippen LogP contribution in [0.4, 0.5) is 5.69 Å². The summed E-state index contributed by atoms with van der Waals surface area (Å²) in [6, 6.07) is 17.3. The Morgan fingerprint density at radius 1 is 0.848 bits per heavy atom. The Hall–Kier alpha value is -1.73. The topological polar surface area (TPSA) is 75.2 Å². The molecule has 1 N–H and O–H groups in total. The lowest BCUT2D eigenvalue weighted by Crippen LogP contribution is -2.57. The minimum absolute atomic E-state index is 0.329. The summed E-state index contributed by atoms with van der Waals surface area (Å²) in [5.74, 6) is -2.24. The van der Waals surface area contributed by atoms with E-state index in [0.29, 0.717) is 11.9 Å². The van der Waals surface area contributed by atoms with Crippen molar-refractivity contribution in [3.05, 3.63) is 60.2 Å². The second kappa shape index (κ2) is 8.19. The molecule has 5 rings (SSSR count). The molecule has 0 spiro atoms. The monoisotopic (exact) mass is 473 g/mol. The van der Waals surface area contributed by atoms with Gasteiger partial charge in [0.05, 0.1) is 6.61 Å². The van der Waals surface area contributed by atoms with Crippen molar-refractivity contribution in [1.82, 2.24) is 0 Å². The number of hydrogen-bond acceptors (Lipinski definition) is 7. The van der Waals surface area contributed by atoms with Gasteiger partial charge in [0, 0.05) is 11.0 Å². The molecule has 8 heteroatoms. The van der Waals surface area contributed by atoms with Crippen LogP contribution in [0.15, 0.2) is 54.6 Å². The van der Waals surface area contributed by atoms with Gasteiger partial charge in [0.15, 0.2) is 11.6 Å². The summed E-state index contributed by atoms with van der Waals surface area (Å²) >= 11 is 0. The molecule has 0 bridgehead atoms. The van der Waals surface area contributed by atoms with Gasteiger partial charge in [-0.15, -0.1) is 0 Å². The van der Waals surface area contributed by atoms with E-state index in [9.17, 15) is 4.57 Å². The van der Waals surface area contributed by atoms with E-state index in [-0.39, 0.29) is 0 Å². The third kappa shape index (κ3) is 4.39. The van der Waals surface area contributed by atoms with E-state index >= 15 is 0 Å². The maximum Gasteiger partial charge on any atom is 0.256 e. The van der Waals surface area contributed by atoms with Crippen molar-refractivity contribution >= 4 is 18.4 Å². The average Bonchev–Trinajstić information content (AvgIpc) is 3.30. The molecule has 3 aliphatic heterocycles. The van der Waals surface area contributed by atoms with Crippen molar-refractivity contribution in [2.24, 2.45) is 0 Å². The van der Waals surface area contributed by atoms with Crippen molar-refractivity contribution in [3.8, 4) is 0 Å². The minimum Gasteiger partial charge on any atom is -0.371 e. The molecular formula is C25H32NO6P. The third-order valence-electron chi connectivity index (χ3n) is 6.32. The fraction of sp³-hybridized carbons (Fsp3) is 0.520. The Bertz CT molecular complexity index is 1040. The molecule has 3 saturated heterocycles. The van der Waals surface area contributed by atoms with Crippen molar-refractivity contribution in [2.75, 3.05) is 11.9 Å². The quantitative estimate of drug-likeness (QED) is 0.660. The number of hydrogen-bond donors (Lipinski definition) is 1. The second-order valence-corrected chi connectivity index (χ2v) is 12.4. The Morgan fingerprint density at radius 2 is 1.52 bits per heavy atom. The molecule has 2 aromatic rings. The van der Waals surface area contributed by atoms with E-state index in [1.165, 1.54) is 0 Å². The lowest BCUT2D eigenvalue weighted by atomic mass is 10.0. The van der Waals surface area contributed by atoms with Crippen LogP contribution in [0.2, 0.25) is 0 Å². The molecule has 2 aromatic carbocycles. The molecular weight excluding hydrogens is 441 g/mol. The van der Waals surface area contributed by atoms with Crippen LogP contribution in [0.25, 0.3) is 0 Å². The molecule has 178 valence electrons. The molecule has 0 radical (unpaired) electrons. The Balaban J connectivity index is 1.57. The highest BCUT2D eigenvalue weighted by Gasteiger charge is 2.62. The number of benzene rings is 2. The van der Waals surface area contributed by atoms with Gasteiger partial charge in [-0.2, -0.15) is 0 Å². The highest BCUT2D eigenvalue weighted by atomic mass is 31.2. The lowest BCUT2D eigenvalue weighted by Gasteiger charge is -2.44. The van der Waals surface area contributed by atoms with Gasteiger partial charge in [0.25, 0.3) is 7.37 Å². The number of ether oxygens (including phenoxy) is 4. The van der Waals surface area contributed by atoms with Crippen molar-refractivity contribution in [1.29, 1.82) is 0 Å². The summed E-state index contributed by atoms with van der Waals surface area (Å²) in [6.45, 7) is 9.83. The van der Waals surface area contributed by atoms with Crippen LogP contribution < -0.4 is 10.6 Å². The van der Waals surface area contributed by atoms with Gasteiger partial charge in [-0.1, -0.05) is 35.9 Å². The van der Waals surface area contributed by atoms with E-state index in [1.807, 2.05) is 89.2 Å². The zero-order chi connectivity index (χ0) is 23.4. The first-order valence-electron chi connectivity index (χ1n) is 11.4. The minimum atomic E-state index is -3.48. The third-order valence-corrected chi connectivity index (χ3v) is 9.05. The van der Waals surface area contributed by atoms with Crippen LogP contribution in [0.5, 0.6) is 0 Å². The molecule has 0 saturated carbocycles. The van der Waals surface area contributed by atoms with Crippen LogP contribution in [0.1, 0.15) is 33.3 Å². The summed E-state index contributed by atoms with van der Waals surface area (Å²) in [7, 11) is -3.48. The Labute approximate surface area is 195 Å². The summed E-state index contributed by atoms with van der Waals surface area (Å²) in [4.78, 5) is 0. The SMILES string of the molecule is Cc1ccc(NC2[C@H]3OC(C)(C)O[C@H]3[C@@H]([C@H]3COC(C)(C)O3)OP2(=O)c2ccccc2)cc1. The first-order valence-corrected chi connectivity index (χ1v) is 13.1. The van der Waals surface area contributed by atoms with E-state index in [2.05, 4.69) is 5.32 Å². The van der Waals surface area contributed by atoms with Crippen molar-refractivity contribution < 1.29 is 28.0 Å². The smallest absolute Gasteiger partial charge is 0.256 e. The predicted molar refractivity (Wildman–Crippen MR) is 126 cm³/mol. The maximum absolute atomic E-state index is 14.8. The number of nitrogens with one attached hydrogen (secondary N) is 1. The first kappa shape index (κ1) is 23.0. The molecule has 33 heavy (non-hydrogen) atoms. The van der Waals surface area contributed by atoms with E-state index in [0.717, 1.165) is 11.3 Å². The summed E-state index contributed by atoms with van der Waals surface area (Å²) < 4.78 is 46.0. The lowest BCUT2D eigenvalue weighted by molar-refractivity contribution is -0.174. The molecule has 0 amide bonds. The van der Waals surface area contributed by atoms with Gasteiger partial charge < -0.3 is 28.8 Å². The molecule has 3 fully saturated rings. The molecule has 2 unspecified atom stereocenters. The Kier molecular flexibility index (Phi) is 5.72. The highest BCUT2D eigenvalue weighted by molar-refractivity contribution is 7.68. The molecule has 3 heterocycles. The molecule has 7 nitrogen and oxygen atoms in total. The van der Waals surface area contributed by atoms with Crippen molar-refractivity contribution in [3.63, 3.8) is 0 Å². The fourth-order valence-electron chi connectivity index (χ4n) is 4.82. The summed E-state index contributed by atoms with van der Waals surface area (Å²) in [5.41, 5.74) is 1.99. The summed E-state index contributed by atoms with van der Waals surface area (Å²) in [6.07, 6.45) is -2.03. The zero-order valence-corrected chi connectivity index (χ0v) is 20.6. The largest absolute Gasteiger partial charge is 0.371 e. The number of fused-ring (bicyclic) bond motifs is 1. The van der Waals surface area contributed by atoms with E-state index in [1.54, 1.807) is 0 Å². The first-order chi connectivity index (χ1) is 15.6. The number of anilines is 1. The molecule has 3 aliphatic rings. The van der Waals surface area contributed by atoms with Crippen LogP contribution in [0.3, 0.4) is 0 Å². The zero-order valence-electron chi connectivity index (χ0n) is 19.7. The number of rotatable bonds is 4. The van der Waals surface area contributed by atoms with E-state index < -0.39 is 49.1 Å². The van der Waals surface area contributed by atoms with Crippen LogP contribution >= 0.6 is 7.37 Å². The van der Waals surface area contributed by atoms with Crippen molar-refractivity contribution in [2.45, 2.75) is 76.4 Å². The normalized spacial score (nSPS) is 36.9.